The van der Waals surface area contributed by atoms with E-state index in [4.69, 9.17) is 0 Å². The molecule has 0 radical (unpaired) electrons. The Kier molecular flexibility index (Phi) is 11.2. The number of allylic oxidation sites excluding steroid dienone is 3. The van der Waals surface area contributed by atoms with Crippen molar-refractivity contribution < 1.29 is 0 Å². The SMILES string of the molecule is C=CCC(=CCCCCC)CCCCC. The normalized spacial score (nSPS) is 11.7. The Bertz CT molecular complexity index is 165. The van der Waals surface area contributed by atoms with Crippen LogP contribution in [0.1, 0.15) is 71.6 Å². The van der Waals surface area contributed by atoms with Crippen LogP contribution < -0.4 is 0 Å². The molecule has 0 aliphatic heterocycles. The van der Waals surface area contributed by atoms with E-state index in [1.165, 1.54) is 51.4 Å². The van der Waals surface area contributed by atoms with Crippen LogP contribution in [0.25, 0.3) is 0 Å². The van der Waals surface area contributed by atoms with Gasteiger partial charge in [0.05, 0.1) is 0 Å². The van der Waals surface area contributed by atoms with Crippen molar-refractivity contribution in [2.45, 2.75) is 71.6 Å². The van der Waals surface area contributed by atoms with Crippen molar-refractivity contribution in [2.24, 2.45) is 0 Å². The Morgan fingerprint density at radius 3 is 2.27 bits per heavy atom. The smallest absolute Gasteiger partial charge is 0.0142 e. The van der Waals surface area contributed by atoms with Gasteiger partial charge in [0.2, 0.25) is 0 Å². The second kappa shape index (κ2) is 11.6. The van der Waals surface area contributed by atoms with E-state index >= 15 is 0 Å². The zero-order chi connectivity index (χ0) is 11.4. The van der Waals surface area contributed by atoms with Crippen LogP contribution in [0.4, 0.5) is 0 Å². The maximum absolute atomic E-state index is 3.83. The van der Waals surface area contributed by atoms with Gasteiger partial charge in [-0.2, -0.15) is 0 Å². The van der Waals surface area contributed by atoms with Gasteiger partial charge in [0.1, 0.15) is 0 Å². The van der Waals surface area contributed by atoms with Crippen LogP contribution in [-0.4, -0.2) is 0 Å². The van der Waals surface area contributed by atoms with Crippen LogP contribution in [-0.2, 0) is 0 Å². The van der Waals surface area contributed by atoms with Crippen molar-refractivity contribution in [1.82, 2.24) is 0 Å². The summed E-state index contributed by atoms with van der Waals surface area (Å²) < 4.78 is 0. The molecule has 0 saturated carbocycles. The zero-order valence-corrected chi connectivity index (χ0v) is 10.7. The van der Waals surface area contributed by atoms with E-state index in [-0.39, 0.29) is 0 Å². The molecule has 0 heterocycles. The van der Waals surface area contributed by atoms with Gasteiger partial charge in [0.25, 0.3) is 0 Å². The maximum Gasteiger partial charge on any atom is -0.0142 e. The molecular weight excluding hydrogens is 180 g/mol. The Balaban J connectivity index is 3.73. The maximum atomic E-state index is 3.83. The summed E-state index contributed by atoms with van der Waals surface area (Å²) in [5.74, 6) is 0. The molecule has 0 unspecified atom stereocenters. The number of hydrogen-bond acceptors (Lipinski definition) is 0. The first-order chi connectivity index (χ1) is 7.35. The third-order valence-corrected chi connectivity index (χ3v) is 2.75. The van der Waals surface area contributed by atoms with Crippen molar-refractivity contribution in [3.63, 3.8) is 0 Å². The molecule has 0 N–H and O–H groups in total. The number of hydrogen-bond donors (Lipinski definition) is 0. The van der Waals surface area contributed by atoms with E-state index in [1.54, 1.807) is 5.57 Å². The molecule has 0 bridgehead atoms. The van der Waals surface area contributed by atoms with Crippen LogP contribution in [0.3, 0.4) is 0 Å². The lowest BCUT2D eigenvalue weighted by Gasteiger charge is -2.04. The monoisotopic (exact) mass is 208 g/mol. The molecule has 0 heteroatoms. The molecule has 0 aromatic carbocycles. The number of rotatable bonds is 10. The Hall–Kier alpha value is -0.520. The predicted octanol–water partition coefficient (Wildman–Crippen LogP) is 5.65. The second-order valence-electron chi connectivity index (χ2n) is 4.31. The highest BCUT2D eigenvalue weighted by atomic mass is 14.0. The van der Waals surface area contributed by atoms with Crippen molar-refractivity contribution in [3.05, 3.63) is 24.3 Å². The molecule has 0 amide bonds. The fourth-order valence-electron chi connectivity index (χ4n) is 1.78. The average molecular weight is 208 g/mol. The van der Waals surface area contributed by atoms with Crippen LogP contribution in [0.5, 0.6) is 0 Å². The number of unbranched alkanes of at least 4 members (excludes halogenated alkanes) is 5. The van der Waals surface area contributed by atoms with Crippen LogP contribution in [0.15, 0.2) is 24.3 Å². The highest BCUT2D eigenvalue weighted by Crippen LogP contribution is 2.15. The molecule has 0 saturated heterocycles. The van der Waals surface area contributed by atoms with Gasteiger partial charge in [-0.05, 0) is 32.1 Å². The Labute approximate surface area is 96.5 Å². The van der Waals surface area contributed by atoms with Crippen LogP contribution in [0.2, 0.25) is 0 Å². The first kappa shape index (κ1) is 14.5. The summed E-state index contributed by atoms with van der Waals surface area (Å²) >= 11 is 0. The minimum absolute atomic E-state index is 1.09. The third-order valence-electron chi connectivity index (χ3n) is 2.75. The quantitative estimate of drug-likeness (QED) is 0.321. The molecule has 0 atom stereocenters. The fourth-order valence-corrected chi connectivity index (χ4v) is 1.78. The summed E-state index contributed by atoms with van der Waals surface area (Å²) in [6.45, 7) is 8.35. The average Bonchev–Trinajstić information content (AvgIpc) is 2.24. The summed E-state index contributed by atoms with van der Waals surface area (Å²) in [6.07, 6.45) is 16.2. The Morgan fingerprint density at radius 1 is 1.00 bits per heavy atom. The van der Waals surface area contributed by atoms with Crippen molar-refractivity contribution in [1.29, 1.82) is 0 Å². The molecular formula is C15H28. The molecule has 0 aliphatic carbocycles. The van der Waals surface area contributed by atoms with Crippen molar-refractivity contribution in [3.8, 4) is 0 Å². The lowest BCUT2D eigenvalue weighted by molar-refractivity contribution is 0.694. The van der Waals surface area contributed by atoms with Gasteiger partial charge in [0, 0.05) is 0 Å². The van der Waals surface area contributed by atoms with E-state index in [2.05, 4.69) is 26.5 Å². The molecule has 88 valence electrons. The summed E-state index contributed by atoms with van der Waals surface area (Å²) in [5, 5.41) is 0. The van der Waals surface area contributed by atoms with E-state index < -0.39 is 0 Å². The van der Waals surface area contributed by atoms with Gasteiger partial charge in [-0.3, -0.25) is 0 Å². The van der Waals surface area contributed by atoms with E-state index in [9.17, 15) is 0 Å². The zero-order valence-electron chi connectivity index (χ0n) is 10.7. The van der Waals surface area contributed by atoms with Crippen LogP contribution in [0, 0.1) is 0 Å². The summed E-state index contributed by atoms with van der Waals surface area (Å²) in [6, 6.07) is 0. The van der Waals surface area contributed by atoms with E-state index in [0.717, 1.165) is 6.42 Å². The van der Waals surface area contributed by atoms with Gasteiger partial charge in [-0.25, -0.2) is 0 Å². The first-order valence-electron chi connectivity index (χ1n) is 6.63. The second-order valence-corrected chi connectivity index (χ2v) is 4.31. The molecule has 15 heavy (non-hydrogen) atoms. The van der Waals surface area contributed by atoms with Crippen molar-refractivity contribution >= 4 is 0 Å². The van der Waals surface area contributed by atoms with Gasteiger partial charge in [-0.1, -0.05) is 57.3 Å². The molecule has 0 fully saturated rings. The van der Waals surface area contributed by atoms with Gasteiger partial charge >= 0.3 is 0 Å². The summed E-state index contributed by atoms with van der Waals surface area (Å²) in [5.41, 5.74) is 1.61. The lowest BCUT2D eigenvalue weighted by Crippen LogP contribution is -1.84. The first-order valence-corrected chi connectivity index (χ1v) is 6.63. The summed E-state index contributed by atoms with van der Waals surface area (Å²) in [4.78, 5) is 0. The standard InChI is InChI=1S/C15H28/c1-4-7-9-11-14-15(12-6-3)13-10-8-5-2/h6,14H,3-5,7-13H2,1-2H3. The van der Waals surface area contributed by atoms with Gasteiger partial charge in [-0.15, -0.1) is 6.58 Å². The molecule has 0 rings (SSSR count). The summed E-state index contributed by atoms with van der Waals surface area (Å²) in [7, 11) is 0. The topological polar surface area (TPSA) is 0 Å². The Morgan fingerprint density at radius 2 is 1.67 bits per heavy atom. The lowest BCUT2D eigenvalue weighted by atomic mass is 10.0. The molecule has 0 aliphatic rings. The molecule has 0 aromatic rings. The minimum Gasteiger partial charge on any atom is -0.103 e. The van der Waals surface area contributed by atoms with Gasteiger partial charge in [0.15, 0.2) is 0 Å². The largest absolute Gasteiger partial charge is 0.103 e. The van der Waals surface area contributed by atoms with Crippen molar-refractivity contribution in [2.75, 3.05) is 0 Å². The molecule has 0 aromatic heterocycles. The highest BCUT2D eigenvalue weighted by Gasteiger charge is 1.95. The molecule has 0 spiro atoms. The predicted molar refractivity (Wildman–Crippen MR) is 71.2 cm³/mol. The minimum atomic E-state index is 1.09. The third kappa shape index (κ3) is 9.78. The van der Waals surface area contributed by atoms with Gasteiger partial charge < -0.3 is 0 Å². The van der Waals surface area contributed by atoms with E-state index in [1.807, 2.05) is 6.08 Å². The van der Waals surface area contributed by atoms with Crippen LogP contribution >= 0.6 is 0 Å². The van der Waals surface area contributed by atoms with E-state index in [0.29, 0.717) is 0 Å². The highest BCUT2D eigenvalue weighted by molar-refractivity contribution is 5.06. The molecule has 0 nitrogen and oxygen atoms in total. The fraction of sp³-hybridized carbons (Fsp3) is 0.733.